The Morgan fingerprint density at radius 2 is 1.55 bits per heavy atom. The van der Waals surface area contributed by atoms with Gasteiger partial charge in [-0.05, 0) is 6.07 Å². The number of nitrogens with zero attached hydrogens (tertiary/aromatic N) is 7. The summed E-state index contributed by atoms with van der Waals surface area (Å²) in [7, 11) is 3.91. The van der Waals surface area contributed by atoms with E-state index in [2.05, 4.69) is 24.8 Å². The van der Waals surface area contributed by atoms with Gasteiger partial charge in [0, 0.05) is 46.5 Å². The molecule has 3 heterocycles. The second-order valence-electron chi connectivity index (χ2n) is 5.28. The van der Waals surface area contributed by atoms with Crippen molar-refractivity contribution in [2.24, 2.45) is 0 Å². The third-order valence-electron chi connectivity index (χ3n) is 3.54. The molecule has 0 spiro atoms. The van der Waals surface area contributed by atoms with Crippen molar-refractivity contribution in [3.05, 3.63) is 30.5 Å². The minimum atomic E-state index is -0.420. The highest BCUT2D eigenvalue weighted by atomic mass is 19.1. The van der Waals surface area contributed by atoms with Crippen LogP contribution in [0.3, 0.4) is 0 Å². The van der Waals surface area contributed by atoms with Crippen molar-refractivity contribution in [3.63, 3.8) is 0 Å². The first-order valence-electron chi connectivity index (χ1n) is 7.11. The molecular formula is C14H18FN7. The molecule has 2 aromatic rings. The van der Waals surface area contributed by atoms with Crippen LogP contribution in [0.5, 0.6) is 0 Å². The van der Waals surface area contributed by atoms with Crippen molar-refractivity contribution in [1.82, 2.24) is 19.9 Å². The Bertz CT molecular complexity index is 623. The summed E-state index contributed by atoms with van der Waals surface area (Å²) in [6, 6.07) is 1.88. The Balaban J connectivity index is 1.66. The van der Waals surface area contributed by atoms with Crippen LogP contribution in [0.1, 0.15) is 0 Å². The predicted molar refractivity (Wildman–Crippen MR) is 82.8 cm³/mol. The highest BCUT2D eigenvalue weighted by molar-refractivity contribution is 5.44. The van der Waals surface area contributed by atoms with Gasteiger partial charge in [0.1, 0.15) is 5.82 Å². The van der Waals surface area contributed by atoms with E-state index in [1.807, 2.05) is 30.0 Å². The molecular weight excluding hydrogens is 285 g/mol. The summed E-state index contributed by atoms with van der Waals surface area (Å²) in [5, 5.41) is 0. The smallest absolute Gasteiger partial charge is 0.227 e. The molecule has 116 valence electrons. The predicted octanol–water partition coefficient (Wildman–Crippen LogP) is 0.798. The van der Waals surface area contributed by atoms with Gasteiger partial charge in [-0.25, -0.2) is 19.3 Å². The Labute approximate surface area is 128 Å². The van der Waals surface area contributed by atoms with Gasteiger partial charge in [0.25, 0.3) is 0 Å². The SMILES string of the molecule is CN(C)c1ccnc(N2CCN(c3ncc(F)cn3)CC2)n1. The van der Waals surface area contributed by atoms with Crippen LogP contribution in [-0.2, 0) is 0 Å². The molecule has 0 radical (unpaired) electrons. The van der Waals surface area contributed by atoms with Gasteiger partial charge in [-0.3, -0.25) is 0 Å². The van der Waals surface area contributed by atoms with E-state index in [0.717, 1.165) is 37.9 Å². The third kappa shape index (κ3) is 3.05. The van der Waals surface area contributed by atoms with E-state index in [-0.39, 0.29) is 0 Å². The van der Waals surface area contributed by atoms with Gasteiger partial charge < -0.3 is 14.7 Å². The van der Waals surface area contributed by atoms with Crippen molar-refractivity contribution in [2.75, 3.05) is 55.0 Å². The first-order chi connectivity index (χ1) is 10.6. The lowest BCUT2D eigenvalue weighted by atomic mass is 10.3. The quantitative estimate of drug-likeness (QED) is 0.831. The summed E-state index contributed by atoms with van der Waals surface area (Å²) in [6.07, 6.45) is 4.16. The molecule has 8 heteroatoms. The summed E-state index contributed by atoms with van der Waals surface area (Å²) in [4.78, 5) is 23.0. The van der Waals surface area contributed by atoms with Crippen LogP contribution in [0.15, 0.2) is 24.7 Å². The highest BCUT2D eigenvalue weighted by Crippen LogP contribution is 2.16. The average molecular weight is 303 g/mol. The molecule has 0 amide bonds. The van der Waals surface area contributed by atoms with Crippen molar-refractivity contribution < 1.29 is 4.39 Å². The lowest BCUT2D eigenvalue weighted by Gasteiger charge is -2.34. The maximum Gasteiger partial charge on any atom is 0.227 e. The van der Waals surface area contributed by atoms with Crippen LogP contribution in [0.25, 0.3) is 0 Å². The zero-order chi connectivity index (χ0) is 15.5. The van der Waals surface area contributed by atoms with E-state index < -0.39 is 5.82 Å². The number of rotatable bonds is 3. The molecule has 3 rings (SSSR count). The fourth-order valence-corrected chi connectivity index (χ4v) is 2.32. The molecule has 7 nitrogen and oxygen atoms in total. The maximum absolute atomic E-state index is 12.9. The largest absolute Gasteiger partial charge is 0.363 e. The van der Waals surface area contributed by atoms with Gasteiger partial charge >= 0.3 is 0 Å². The lowest BCUT2D eigenvalue weighted by molar-refractivity contribution is 0.600. The minimum Gasteiger partial charge on any atom is -0.363 e. The van der Waals surface area contributed by atoms with Crippen molar-refractivity contribution in [2.45, 2.75) is 0 Å². The first-order valence-corrected chi connectivity index (χ1v) is 7.11. The normalized spacial score (nSPS) is 15.0. The van der Waals surface area contributed by atoms with E-state index in [1.54, 1.807) is 6.20 Å². The summed E-state index contributed by atoms with van der Waals surface area (Å²) in [5.41, 5.74) is 0. The van der Waals surface area contributed by atoms with E-state index in [0.29, 0.717) is 5.95 Å². The molecule has 0 aliphatic carbocycles. The van der Waals surface area contributed by atoms with Gasteiger partial charge in [-0.1, -0.05) is 0 Å². The molecule has 0 atom stereocenters. The summed E-state index contributed by atoms with van der Waals surface area (Å²) >= 11 is 0. The summed E-state index contributed by atoms with van der Waals surface area (Å²) in [6.45, 7) is 3.05. The number of hydrogen-bond donors (Lipinski definition) is 0. The van der Waals surface area contributed by atoms with Crippen LogP contribution >= 0.6 is 0 Å². The number of piperazine rings is 1. The fourth-order valence-electron chi connectivity index (χ4n) is 2.32. The number of aromatic nitrogens is 4. The van der Waals surface area contributed by atoms with Crippen molar-refractivity contribution >= 4 is 17.7 Å². The molecule has 0 unspecified atom stereocenters. The lowest BCUT2D eigenvalue weighted by Crippen LogP contribution is -2.47. The summed E-state index contributed by atoms with van der Waals surface area (Å²) < 4.78 is 12.9. The molecule has 1 aliphatic rings. The van der Waals surface area contributed by atoms with Crippen LogP contribution in [0.2, 0.25) is 0 Å². The Morgan fingerprint density at radius 3 is 2.14 bits per heavy atom. The van der Waals surface area contributed by atoms with Gasteiger partial charge in [0.05, 0.1) is 12.4 Å². The van der Waals surface area contributed by atoms with E-state index >= 15 is 0 Å². The zero-order valence-corrected chi connectivity index (χ0v) is 12.6. The molecule has 0 bridgehead atoms. The van der Waals surface area contributed by atoms with E-state index in [4.69, 9.17) is 0 Å². The first kappa shape index (κ1) is 14.4. The average Bonchev–Trinajstić information content (AvgIpc) is 2.56. The van der Waals surface area contributed by atoms with Gasteiger partial charge in [0.2, 0.25) is 11.9 Å². The monoisotopic (exact) mass is 303 g/mol. The van der Waals surface area contributed by atoms with Crippen LogP contribution in [0.4, 0.5) is 22.1 Å². The molecule has 0 saturated carbocycles. The van der Waals surface area contributed by atoms with Crippen molar-refractivity contribution in [3.8, 4) is 0 Å². The van der Waals surface area contributed by atoms with Crippen molar-refractivity contribution in [1.29, 1.82) is 0 Å². The molecule has 1 aliphatic heterocycles. The Kier molecular flexibility index (Phi) is 3.99. The van der Waals surface area contributed by atoms with Crippen LogP contribution < -0.4 is 14.7 Å². The van der Waals surface area contributed by atoms with E-state index in [9.17, 15) is 4.39 Å². The number of halogens is 1. The molecule has 2 aromatic heterocycles. The second kappa shape index (κ2) is 6.08. The summed E-state index contributed by atoms with van der Waals surface area (Å²) in [5.74, 6) is 1.75. The topological polar surface area (TPSA) is 61.3 Å². The zero-order valence-electron chi connectivity index (χ0n) is 12.6. The second-order valence-corrected chi connectivity index (χ2v) is 5.28. The van der Waals surface area contributed by atoms with Crippen LogP contribution in [-0.4, -0.2) is 60.2 Å². The number of anilines is 3. The Hall–Kier alpha value is -2.51. The van der Waals surface area contributed by atoms with E-state index in [1.165, 1.54) is 12.4 Å². The van der Waals surface area contributed by atoms with Gasteiger partial charge in [-0.2, -0.15) is 4.98 Å². The Morgan fingerprint density at radius 1 is 0.955 bits per heavy atom. The molecule has 1 fully saturated rings. The number of hydrogen-bond acceptors (Lipinski definition) is 7. The fraction of sp³-hybridized carbons (Fsp3) is 0.429. The minimum absolute atomic E-state index is 0.420. The third-order valence-corrected chi connectivity index (χ3v) is 3.54. The molecule has 22 heavy (non-hydrogen) atoms. The highest BCUT2D eigenvalue weighted by Gasteiger charge is 2.21. The van der Waals surface area contributed by atoms with Gasteiger partial charge in [-0.15, -0.1) is 0 Å². The molecule has 1 saturated heterocycles. The maximum atomic E-state index is 12.9. The standard InChI is InChI=1S/C14H18FN7/c1-20(2)12-3-4-16-14(19-12)22-7-5-21(6-8-22)13-17-9-11(15)10-18-13/h3-4,9-10H,5-8H2,1-2H3. The molecule has 0 aromatic carbocycles. The van der Waals surface area contributed by atoms with Crippen LogP contribution in [0, 0.1) is 5.82 Å². The van der Waals surface area contributed by atoms with Gasteiger partial charge in [0.15, 0.2) is 5.82 Å². The molecule has 0 N–H and O–H groups in total.